The molecule has 88 valence electrons. The molecule has 0 atom stereocenters. The van der Waals surface area contributed by atoms with E-state index in [0.29, 0.717) is 11.1 Å². The quantitative estimate of drug-likeness (QED) is 0.618. The summed E-state index contributed by atoms with van der Waals surface area (Å²) in [6.45, 7) is -0.218. The number of rotatable bonds is 3. The van der Waals surface area contributed by atoms with Crippen molar-refractivity contribution in [2.45, 2.75) is 6.54 Å². The number of H-pyrrole nitrogens is 1. The lowest BCUT2D eigenvalue weighted by atomic mass is 10.1. The highest BCUT2D eigenvalue weighted by atomic mass is 16.6. The largest absolute Gasteiger partial charge is 0.360 e. The smallest absolute Gasteiger partial charge is 0.253 e. The number of carbonyl (C=O) groups excluding carboxylic acids is 1. The summed E-state index contributed by atoms with van der Waals surface area (Å²) in [6, 6.07) is 5.06. The SMILES string of the molecule is CNC(=O)c1c[nH]c2cc(C[N+](=O)[O-])ccc12. The zero-order chi connectivity index (χ0) is 12.4. The fourth-order valence-electron chi connectivity index (χ4n) is 1.74. The number of hydrogen-bond acceptors (Lipinski definition) is 3. The van der Waals surface area contributed by atoms with Gasteiger partial charge in [0.1, 0.15) is 0 Å². The molecule has 1 heterocycles. The number of nitrogens with zero attached hydrogens (tertiary/aromatic N) is 1. The monoisotopic (exact) mass is 233 g/mol. The van der Waals surface area contributed by atoms with Crippen molar-refractivity contribution in [3.63, 3.8) is 0 Å². The van der Waals surface area contributed by atoms with E-state index in [0.717, 1.165) is 10.9 Å². The molecule has 2 aromatic rings. The van der Waals surface area contributed by atoms with Crippen LogP contribution < -0.4 is 5.32 Å². The van der Waals surface area contributed by atoms with Crippen LogP contribution in [0, 0.1) is 10.1 Å². The maximum Gasteiger partial charge on any atom is 0.253 e. The van der Waals surface area contributed by atoms with Crippen LogP contribution in [0.2, 0.25) is 0 Å². The molecule has 0 aliphatic heterocycles. The molecule has 6 heteroatoms. The zero-order valence-corrected chi connectivity index (χ0v) is 9.19. The second kappa shape index (κ2) is 4.25. The van der Waals surface area contributed by atoms with Crippen molar-refractivity contribution in [1.82, 2.24) is 10.3 Å². The van der Waals surface area contributed by atoms with Crippen molar-refractivity contribution in [1.29, 1.82) is 0 Å². The number of hydrogen-bond donors (Lipinski definition) is 2. The van der Waals surface area contributed by atoms with Crippen molar-refractivity contribution in [3.8, 4) is 0 Å². The van der Waals surface area contributed by atoms with Gasteiger partial charge in [-0.25, -0.2) is 0 Å². The molecule has 1 aromatic heterocycles. The highest BCUT2D eigenvalue weighted by molar-refractivity contribution is 6.06. The minimum Gasteiger partial charge on any atom is -0.360 e. The Balaban J connectivity index is 2.44. The number of nitro groups is 1. The molecule has 0 radical (unpaired) electrons. The van der Waals surface area contributed by atoms with Gasteiger partial charge >= 0.3 is 0 Å². The van der Waals surface area contributed by atoms with E-state index in [1.807, 2.05) is 0 Å². The van der Waals surface area contributed by atoms with Gasteiger partial charge in [-0.1, -0.05) is 12.1 Å². The standard InChI is InChI=1S/C11H11N3O3/c1-12-11(15)9-5-13-10-4-7(6-14(16)17)2-3-8(9)10/h2-5,13H,6H2,1H3,(H,12,15). The molecule has 0 spiro atoms. The molecule has 0 aliphatic rings. The van der Waals surface area contributed by atoms with E-state index >= 15 is 0 Å². The average molecular weight is 233 g/mol. The predicted molar refractivity (Wildman–Crippen MR) is 62.4 cm³/mol. The lowest BCUT2D eigenvalue weighted by molar-refractivity contribution is -0.496. The van der Waals surface area contributed by atoms with Gasteiger partial charge in [0.2, 0.25) is 6.54 Å². The first-order valence-electron chi connectivity index (χ1n) is 5.05. The molecule has 2 rings (SSSR count). The van der Waals surface area contributed by atoms with Crippen LogP contribution in [0.3, 0.4) is 0 Å². The van der Waals surface area contributed by atoms with Gasteiger partial charge in [0.15, 0.2) is 0 Å². The molecular weight excluding hydrogens is 222 g/mol. The first-order chi connectivity index (χ1) is 8.11. The van der Waals surface area contributed by atoms with E-state index in [4.69, 9.17) is 0 Å². The number of aromatic amines is 1. The molecule has 1 aromatic carbocycles. The molecule has 0 aliphatic carbocycles. The normalized spacial score (nSPS) is 10.4. The van der Waals surface area contributed by atoms with E-state index in [1.165, 1.54) is 0 Å². The van der Waals surface area contributed by atoms with Gasteiger partial charge in [0, 0.05) is 34.6 Å². The van der Waals surface area contributed by atoms with Crippen molar-refractivity contribution in [3.05, 3.63) is 45.6 Å². The number of fused-ring (bicyclic) bond motifs is 1. The Kier molecular flexibility index (Phi) is 2.78. The minimum absolute atomic E-state index is 0.182. The maximum absolute atomic E-state index is 11.5. The number of nitrogens with one attached hydrogen (secondary N) is 2. The van der Waals surface area contributed by atoms with Crippen LogP contribution in [-0.2, 0) is 6.54 Å². The van der Waals surface area contributed by atoms with Gasteiger partial charge in [-0.05, 0) is 6.07 Å². The fourth-order valence-corrected chi connectivity index (χ4v) is 1.74. The molecule has 1 amide bonds. The third-order valence-electron chi connectivity index (χ3n) is 2.53. The Bertz CT molecular complexity index is 589. The van der Waals surface area contributed by atoms with Crippen LogP contribution in [0.25, 0.3) is 10.9 Å². The Morgan fingerprint density at radius 1 is 1.53 bits per heavy atom. The van der Waals surface area contributed by atoms with Crippen LogP contribution >= 0.6 is 0 Å². The van der Waals surface area contributed by atoms with Crippen molar-refractivity contribution >= 4 is 16.8 Å². The molecule has 0 saturated carbocycles. The molecule has 0 unspecified atom stereocenters. The summed E-state index contributed by atoms with van der Waals surface area (Å²) < 4.78 is 0. The molecule has 17 heavy (non-hydrogen) atoms. The van der Waals surface area contributed by atoms with E-state index < -0.39 is 0 Å². The van der Waals surface area contributed by atoms with E-state index in [-0.39, 0.29) is 17.4 Å². The van der Waals surface area contributed by atoms with Gasteiger partial charge in [-0.15, -0.1) is 0 Å². The topological polar surface area (TPSA) is 88.0 Å². The third-order valence-corrected chi connectivity index (χ3v) is 2.53. The van der Waals surface area contributed by atoms with Gasteiger partial charge in [0.05, 0.1) is 5.56 Å². The highest BCUT2D eigenvalue weighted by Crippen LogP contribution is 2.19. The first kappa shape index (κ1) is 11.1. The fraction of sp³-hybridized carbons (Fsp3) is 0.182. The summed E-state index contributed by atoms with van der Waals surface area (Å²) in [5.41, 5.74) is 1.87. The Hall–Kier alpha value is -2.37. The molecule has 6 nitrogen and oxygen atoms in total. The second-order valence-electron chi connectivity index (χ2n) is 3.65. The second-order valence-corrected chi connectivity index (χ2v) is 3.65. The van der Waals surface area contributed by atoms with Crippen LogP contribution in [-0.4, -0.2) is 22.9 Å². The number of amides is 1. The lowest BCUT2D eigenvalue weighted by Gasteiger charge is -1.98. The summed E-state index contributed by atoms with van der Waals surface area (Å²) in [5, 5.41) is 13.7. The molecule has 0 fully saturated rings. The van der Waals surface area contributed by atoms with Crippen LogP contribution in [0.5, 0.6) is 0 Å². The van der Waals surface area contributed by atoms with Gasteiger partial charge in [0.25, 0.3) is 5.91 Å². The van der Waals surface area contributed by atoms with Crippen molar-refractivity contribution in [2.75, 3.05) is 7.05 Å². The maximum atomic E-state index is 11.5. The summed E-state index contributed by atoms with van der Waals surface area (Å²) in [7, 11) is 1.56. The molecule has 2 N–H and O–H groups in total. The van der Waals surface area contributed by atoms with E-state index in [2.05, 4.69) is 10.3 Å². The Morgan fingerprint density at radius 3 is 2.94 bits per heavy atom. The summed E-state index contributed by atoms with van der Waals surface area (Å²) in [6.07, 6.45) is 1.60. The van der Waals surface area contributed by atoms with Gasteiger partial charge in [-0.3, -0.25) is 14.9 Å². The lowest BCUT2D eigenvalue weighted by Crippen LogP contribution is -2.17. The summed E-state index contributed by atoms with van der Waals surface area (Å²) in [4.78, 5) is 24.5. The Morgan fingerprint density at radius 2 is 2.29 bits per heavy atom. The van der Waals surface area contributed by atoms with Crippen LogP contribution in [0.4, 0.5) is 0 Å². The number of carbonyl (C=O) groups is 1. The molecule has 0 saturated heterocycles. The summed E-state index contributed by atoms with van der Waals surface area (Å²) in [5.74, 6) is -0.182. The highest BCUT2D eigenvalue weighted by Gasteiger charge is 2.11. The van der Waals surface area contributed by atoms with Crippen molar-refractivity contribution < 1.29 is 9.72 Å². The van der Waals surface area contributed by atoms with Gasteiger partial charge in [-0.2, -0.15) is 0 Å². The minimum atomic E-state index is -0.385. The third kappa shape index (κ3) is 2.10. The molecule has 0 bridgehead atoms. The summed E-state index contributed by atoms with van der Waals surface area (Å²) >= 11 is 0. The predicted octanol–water partition coefficient (Wildman–Crippen LogP) is 1.30. The van der Waals surface area contributed by atoms with Crippen LogP contribution in [0.15, 0.2) is 24.4 Å². The van der Waals surface area contributed by atoms with E-state index in [1.54, 1.807) is 31.4 Å². The van der Waals surface area contributed by atoms with E-state index in [9.17, 15) is 14.9 Å². The van der Waals surface area contributed by atoms with Crippen LogP contribution in [0.1, 0.15) is 15.9 Å². The van der Waals surface area contributed by atoms with Gasteiger partial charge < -0.3 is 10.3 Å². The Labute approximate surface area is 96.8 Å². The first-order valence-corrected chi connectivity index (χ1v) is 5.05. The number of benzene rings is 1. The number of aromatic nitrogens is 1. The van der Waals surface area contributed by atoms with Crippen molar-refractivity contribution in [2.24, 2.45) is 0 Å². The zero-order valence-electron chi connectivity index (χ0n) is 9.19. The molecular formula is C11H11N3O3. The average Bonchev–Trinajstić information content (AvgIpc) is 2.70.